The van der Waals surface area contributed by atoms with Crippen LogP contribution in [0.4, 0.5) is 0 Å². The Morgan fingerprint density at radius 2 is 1.67 bits per heavy atom. The Morgan fingerprint density at radius 3 is 2.30 bits per heavy atom. The number of hydrogen-bond donors (Lipinski definition) is 1. The molecular formula is C23H26N2O2. The predicted octanol–water partition coefficient (Wildman–Crippen LogP) is 2.93. The van der Waals surface area contributed by atoms with Crippen LogP contribution in [0.25, 0.3) is 0 Å². The molecule has 4 nitrogen and oxygen atoms in total. The van der Waals surface area contributed by atoms with E-state index < -0.39 is 0 Å². The van der Waals surface area contributed by atoms with Crippen molar-refractivity contribution < 1.29 is 9.53 Å². The molecule has 0 aromatic heterocycles. The van der Waals surface area contributed by atoms with Gasteiger partial charge in [-0.2, -0.15) is 0 Å². The van der Waals surface area contributed by atoms with Gasteiger partial charge >= 0.3 is 0 Å². The second-order valence-electron chi connectivity index (χ2n) is 6.71. The number of nitrogens with zero attached hydrogens (tertiary/aromatic N) is 1. The van der Waals surface area contributed by atoms with Gasteiger partial charge in [-0.25, -0.2) is 0 Å². The number of benzene rings is 2. The van der Waals surface area contributed by atoms with E-state index in [0.29, 0.717) is 6.04 Å². The first kappa shape index (κ1) is 19.2. The van der Waals surface area contributed by atoms with Gasteiger partial charge in [0.1, 0.15) is 0 Å². The zero-order valence-corrected chi connectivity index (χ0v) is 15.8. The van der Waals surface area contributed by atoms with Gasteiger partial charge in [-0.3, -0.25) is 4.79 Å². The van der Waals surface area contributed by atoms with E-state index in [2.05, 4.69) is 17.2 Å². The summed E-state index contributed by atoms with van der Waals surface area (Å²) >= 11 is 0. The van der Waals surface area contributed by atoms with Crippen molar-refractivity contribution in [3.8, 4) is 11.8 Å². The highest BCUT2D eigenvalue weighted by Gasteiger charge is 2.23. The average Bonchev–Trinajstić information content (AvgIpc) is 2.74. The molecule has 0 spiro atoms. The fraction of sp³-hybridized carbons (Fsp3) is 0.348. The van der Waals surface area contributed by atoms with Gasteiger partial charge in [0.05, 0.1) is 6.61 Å². The zero-order valence-electron chi connectivity index (χ0n) is 15.8. The predicted molar refractivity (Wildman–Crippen MR) is 108 cm³/mol. The maximum absolute atomic E-state index is 12.7. The summed E-state index contributed by atoms with van der Waals surface area (Å²) in [6.07, 6.45) is 1.96. The lowest BCUT2D eigenvalue weighted by Gasteiger charge is -2.32. The van der Waals surface area contributed by atoms with Gasteiger partial charge in [0.15, 0.2) is 0 Å². The highest BCUT2D eigenvalue weighted by atomic mass is 16.5. The molecule has 1 amide bonds. The van der Waals surface area contributed by atoms with Crippen molar-refractivity contribution in [2.24, 2.45) is 0 Å². The molecule has 4 heteroatoms. The zero-order chi connectivity index (χ0) is 18.9. The van der Waals surface area contributed by atoms with E-state index >= 15 is 0 Å². The third-order valence-electron chi connectivity index (χ3n) is 4.78. The van der Waals surface area contributed by atoms with Gasteiger partial charge < -0.3 is 15.0 Å². The molecule has 0 bridgehead atoms. The number of carbonyl (C=O) groups excluding carboxylic acids is 1. The number of likely N-dealkylation sites (tertiary alicyclic amines) is 1. The van der Waals surface area contributed by atoms with Crippen molar-refractivity contribution in [1.29, 1.82) is 0 Å². The number of nitrogens with one attached hydrogen (secondary N) is 1. The van der Waals surface area contributed by atoms with Crippen LogP contribution in [0.1, 0.15) is 34.3 Å². The molecule has 0 radical (unpaired) electrons. The number of rotatable bonds is 5. The lowest BCUT2D eigenvalue weighted by Crippen LogP contribution is -2.45. The Hall–Kier alpha value is -2.61. The quantitative estimate of drug-likeness (QED) is 0.657. The molecule has 140 valence electrons. The molecule has 1 heterocycles. The summed E-state index contributed by atoms with van der Waals surface area (Å²) in [6.45, 7) is 3.16. The molecule has 2 aromatic carbocycles. The van der Waals surface area contributed by atoms with E-state index in [1.165, 1.54) is 0 Å². The smallest absolute Gasteiger partial charge is 0.253 e. The third kappa shape index (κ3) is 5.68. The maximum atomic E-state index is 12.7. The molecule has 0 atom stereocenters. The summed E-state index contributed by atoms with van der Waals surface area (Å²) < 4.78 is 5.07. The Labute approximate surface area is 161 Å². The molecule has 3 rings (SSSR count). The number of ether oxygens (including phenoxy) is 1. The number of piperidine rings is 1. The number of amides is 1. The van der Waals surface area contributed by atoms with E-state index in [1.807, 2.05) is 59.5 Å². The van der Waals surface area contributed by atoms with Crippen LogP contribution in [0.5, 0.6) is 0 Å². The SMILES string of the molecule is COCCNC1CCN(C(=O)c2ccc(C#Cc3ccccc3)cc2)CC1. The van der Waals surface area contributed by atoms with Crippen LogP contribution in [-0.2, 0) is 4.74 Å². The number of methoxy groups -OCH3 is 1. The molecule has 1 aliphatic rings. The summed E-state index contributed by atoms with van der Waals surface area (Å²) in [7, 11) is 1.71. The minimum Gasteiger partial charge on any atom is -0.383 e. The summed E-state index contributed by atoms with van der Waals surface area (Å²) in [5.41, 5.74) is 2.63. The molecule has 0 aliphatic carbocycles. The fourth-order valence-electron chi connectivity index (χ4n) is 3.20. The molecule has 0 unspecified atom stereocenters. The molecular weight excluding hydrogens is 336 g/mol. The minimum atomic E-state index is 0.105. The monoisotopic (exact) mass is 362 g/mol. The van der Waals surface area contributed by atoms with E-state index in [0.717, 1.165) is 55.8 Å². The maximum Gasteiger partial charge on any atom is 0.253 e. The van der Waals surface area contributed by atoms with Gasteiger partial charge in [-0.05, 0) is 49.2 Å². The highest BCUT2D eigenvalue weighted by molar-refractivity contribution is 5.94. The lowest BCUT2D eigenvalue weighted by molar-refractivity contribution is 0.0702. The van der Waals surface area contributed by atoms with E-state index in [4.69, 9.17) is 4.74 Å². The van der Waals surface area contributed by atoms with Crippen molar-refractivity contribution in [2.45, 2.75) is 18.9 Å². The van der Waals surface area contributed by atoms with Crippen LogP contribution in [0.15, 0.2) is 54.6 Å². The van der Waals surface area contributed by atoms with Crippen molar-refractivity contribution in [3.05, 3.63) is 71.3 Å². The molecule has 1 N–H and O–H groups in total. The van der Waals surface area contributed by atoms with Crippen LogP contribution < -0.4 is 5.32 Å². The van der Waals surface area contributed by atoms with Crippen molar-refractivity contribution >= 4 is 5.91 Å². The lowest BCUT2D eigenvalue weighted by atomic mass is 10.0. The minimum absolute atomic E-state index is 0.105. The normalized spacial score (nSPS) is 14.5. The Morgan fingerprint density at radius 1 is 1.04 bits per heavy atom. The topological polar surface area (TPSA) is 41.6 Å². The van der Waals surface area contributed by atoms with E-state index in [1.54, 1.807) is 7.11 Å². The number of hydrogen-bond acceptors (Lipinski definition) is 3. The van der Waals surface area contributed by atoms with Crippen LogP contribution >= 0.6 is 0 Å². The molecule has 0 saturated carbocycles. The standard InChI is InChI=1S/C23H26N2O2/c1-27-18-15-24-22-13-16-25(17-14-22)23(26)21-11-9-20(10-12-21)8-7-19-5-3-2-4-6-19/h2-6,9-12,22,24H,13-18H2,1H3. The first-order valence-electron chi connectivity index (χ1n) is 9.45. The first-order valence-corrected chi connectivity index (χ1v) is 9.45. The molecule has 1 aliphatic heterocycles. The van der Waals surface area contributed by atoms with Gasteiger partial charge in [0, 0.05) is 49.5 Å². The van der Waals surface area contributed by atoms with Crippen molar-refractivity contribution in [2.75, 3.05) is 33.4 Å². The Balaban J connectivity index is 1.53. The fourth-order valence-corrected chi connectivity index (χ4v) is 3.20. The first-order chi connectivity index (χ1) is 13.3. The summed E-state index contributed by atoms with van der Waals surface area (Å²) in [5.74, 6) is 6.39. The van der Waals surface area contributed by atoms with E-state index in [-0.39, 0.29) is 5.91 Å². The number of carbonyl (C=O) groups is 1. The molecule has 2 aromatic rings. The second-order valence-corrected chi connectivity index (χ2v) is 6.71. The average molecular weight is 362 g/mol. The van der Waals surface area contributed by atoms with Crippen LogP contribution in [0.3, 0.4) is 0 Å². The summed E-state index contributed by atoms with van der Waals surface area (Å²) in [5, 5.41) is 3.48. The molecule has 1 saturated heterocycles. The third-order valence-corrected chi connectivity index (χ3v) is 4.78. The van der Waals surface area contributed by atoms with Crippen molar-refractivity contribution in [3.63, 3.8) is 0 Å². The van der Waals surface area contributed by atoms with Gasteiger partial charge in [0.2, 0.25) is 0 Å². The van der Waals surface area contributed by atoms with Gasteiger partial charge in [0.25, 0.3) is 5.91 Å². The second kappa shape index (κ2) is 9.91. The summed E-state index contributed by atoms with van der Waals surface area (Å²) in [6, 6.07) is 18.0. The van der Waals surface area contributed by atoms with Gasteiger partial charge in [-0.1, -0.05) is 30.0 Å². The van der Waals surface area contributed by atoms with Crippen LogP contribution in [-0.4, -0.2) is 50.2 Å². The highest BCUT2D eigenvalue weighted by Crippen LogP contribution is 2.14. The van der Waals surface area contributed by atoms with Crippen molar-refractivity contribution in [1.82, 2.24) is 10.2 Å². The van der Waals surface area contributed by atoms with Crippen LogP contribution in [0.2, 0.25) is 0 Å². The molecule has 27 heavy (non-hydrogen) atoms. The largest absolute Gasteiger partial charge is 0.383 e. The van der Waals surface area contributed by atoms with Crippen LogP contribution in [0, 0.1) is 11.8 Å². The Kier molecular flexibility index (Phi) is 7.04. The molecule has 1 fully saturated rings. The Bertz CT molecular complexity index is 783. The summed E-state index contributed by atoms with van der Waals surface area (Å²) in [4.78, 5) is 14.7. The van der Waals surface area contributed by atoms with Gasteiger partial charge in [-0.15, -0.1) is 0 Å². The van der Waals surface area contributed by atoms with E-state index in [9.17, 15) is 4.79 Å².